The minimum absolute atomic E-state index is 0.0331. The molecule has 2 aromatic rings. The molecule has 2 aliphatic heterocycles. The third kappa shape index (κ3) is 4.91. The average molecular weight is 496 g/mol. The molecule has 2 fully saturated rings. The molecule has 1 aromatic carbocycles. The van der Waals surface area contributed by atoms with Crippen molar-refractivity contribution in [2.75, 3.05) is 36.1 Å². The SMILES string of the molecule is CC1(C)CN(c2cnc(Cl)cn2)CCC1N1CC[C@H](Nc2ccc(S(C)(=O)=O)cc2F)C1=O. The van der Waals surface area contributed by atoms with E-state index in [0.717, 1.165) is 31.1 Å². The van der Waals surface area contributed by atoms with Gasteiger partial charge in [-0.3, -0.25) is 4.79 Å². The van der Waals surface area contributed by atoms with Crippen LogP contribution in [0.3, 0.4) is 0 Å². The fraction of sp³-hybridized carbons (Fsp3) is 0.500. The second-order valence-electron chi connectivity index (χ2n) is 9.34. The molecule has 1 amide bonds. The number of anilines is 2. The lowest BCUT2D eigenvalue weighted by Gasteiger charge is -2.48. The van der Waals surface area contributed by atoms with Crippen LogP contribution in [-0.2, 0) is 14.6 Å². The predicted molar refractivity (Wildman–Crippen MR) is 125 cm³/mol. The van der Waals surface area contributed by atoms with Gasteiger partial charge in [-0.2, -0.15) is 0 Å². The van der Waals surface area contributed by atoms with Gasteiger partial charge >= 0.3 is 0 Å². The van der Waals surface area contributed by atoms with Crippen LogP contribution in [0, 0.1) is 11.2 Å². The molecule has 33 heavy (non-hydrogen) atoms. The van der Waals surface area contributed by atoms with Crippen LogP contribution < -0.4 is 10.2 Å². The van der Waals surface area contributed by atoms with Crippen molar-refractivity contribution in [3.63, 3.8) is 0 Å². The van der Waals surface area contributed by atoms with Crippen LogP contribution >= 0.6 is 11.6 Å². The molecule has 1 N–H and O–H groups in total. The molecular formula is C22H27ClFN5O3S. The monoisotopic (exact) mass is 495 g/mol. The van der Waals surface area contributed by atoms with E-state index in [9.17, 15) is 17.6 Å². The first-order valence-electron chi connectivity index (χ1n) is 10.7. The largest absolute Gasteiger partial charge is 0.371 e. The van der Waals surface area contributed by atoms with E-state index >= 15 is 0 Å². The van der Waals surface area contributed by atoms with Crippen LogP contribution in [0.15, 0.2) is 35.5 Å². The normalized spacial score (nSPS) is 23.1. The number of aromatic nitrogens is 2. The third-order valence-electron chi connectivity index (χ3n) is 6.42. The molecule has 1 unspecified atom stereocenters. The summed E-state index contributed by atoms with van der Waals surface area (Å²) in [7, 11) is -3.51. The van der Waals surface area contributed by atoms with Gasteiger partial charge in [-0.05, 0) is 31.0 Å². The fourth-order valence-corrected chi connectivity index (χ4v) is 5.49. The Morgan fingerprint density at radius 1 is 1.18 bits per heavy atom. The van der Waals surface area contributed by atoms with Gasteiger partial charge in [-0.25, -0.2) is 22.8 Å². The Morgan fingerprint density at radius 2 is 1.94 bits per heavy atom. The standard InChI is InChI=1S/C22H27ClFN5O3S/c1-22(2)13-28(20-12-25-19(23)11-26-20)8-7-18(22)29-9-6-17(21(29)30)27-16-5-4-14(10-15(16)24)33(3,31)32/h4-5,10-12,17-18,27H,6-9,13H2,1-3H3/t17-,18?/m0/s1. The van der Waals surface area contributed by atoms with Crippen molar-refractivity contribution in [3.05, 3.63) is 41.6 Å². The van der Waals surface area contributed by atoms with Crippen molar-refractivity contribution in [1.82, 2.24) is 14.9 Å². The smallest absolute Gasteiger partial charge is 0.245 e. The number of nitrogens with zero attached hydrogens (tertiary/aromatic N) is 4. The Hall–Kier alpha value is -2.46. The number of nitrogens with one attached hydrogen (secondary N) is 1. The Morgan fingerprint density at radius 3 is 2.55 bits per heavy atom. The quantitative estimate of drug-likeness (QED) is 0.681. The first-order chi connectivity index (χ1) is 15.5. The summed E-state index contributed by atoms with van der Waals surface area (Å²) in [6.07, 6.45) is 5.53. The van der Waals surface area contributed by atoms with E-state index in [2.05, 4.69) is 34.0 Å². The number of piperidine rings is 1. The summed E-state index contributed by atoms with van der Waals surface area (Å²) >= 11 is 5.85. The minimum Gasteiger partial charge on any atom is -0.371 e. The van der Waals surface area contributed by atoms with Crippen LogP contribution in [-0.4, -0.2) is 67.2 Å². The topological polar surface area (TPSA) is 95.5 Å². The third-order valence-corrected chi connectivity index (χ3v) is 7.72. The molecule has 0 bridgehead atoms. The molecule has 0 saturated carbocycles. The van der Waals surface area contributed by atoms with Gasteiger partial charge in [-0.1, -0.05) is 25.4 Å². The number of sulfone groups is 1. The average Bonchev–Trinajstić information content (AvgIpc) is 3.08. The van der Waals surface area contributed by atoms with Crippen molar-refractivity contribution in [1.29, 1.82) is 0 Å². The van der Waals surface area contributed by atoms with Gasteiger partial charge in [0.15, 0.2) is 9.84 Å². The second-order valence-corrected chi connectivity index (χ2v) is 11.7. The number of hydrogen-bond acceptors (Lipinski definition) is 7. The first kappa shape index (κ1) is 23.7. The Balaban J connectivity index is 1.44. The van der Waals surface area contributed by atoms with Gasteiger partial charge in [-0.15, -0.1) is 0 Å². The van der Waals surface area contributed by atoms with E-state index in [1.165, 1.54) is 18.3 Å². The number of carbonyl (C=O) groups is 1. The molecule has 178 valence electrons. The summed E-state index contributed by atoms with van der Waals surface area (Å²) in [4.78, 5) is 25.6. The number of likely N-dealkylation sites (tertiary alicyclic amines) is 1. The van der Waals surface area contributed by atoms with Crippen molar-refractivity contribution in [2.45, 2.75) is 43.7 Å². The summed E-state index contributed by atoms with van der Waals surface area (Å²) in [6, 6.07) is 3.17. The van der Waals surface area contributed by atoms with Gasteiger partial charge in [0.05, 0.1) is 23.0 Å². The highest BCUT2D eigenvalue weighted by Crippen LogP contribution is 2.37. The molecule has 2 atom stereocenters. The summed E-state index contributed by atoms with van der Waals surface area (Å²) in [5, 5.41) is 3.32. The highest BCUT2D eigenvalue weighted by Gasteiger charge is 2.45. The lowest BCUT2D eigenvalue weighted by molar-refractivity contribution is -0.133. The summed E-state index contributed by atoms with van der Waals surface area (Å²) < 4.78 is 37.8. The number of carbonyl (C=O) groups excluding carboxylic acids is 1. The van der Waals surface area contributed by atoms with Gasteiger partial charge in [0.25, 0.3) is 0 Å². The van der Waals surface area contributed by atoms with E-state index < -0.39 is 21.7 Å². The number of hydrogen-bond donors (Lipinski definition) is 1. The maximum atomic E-state index is 14.5. The van der Waals surface area contributed by atoms with E-state index in [1.807, 2.05) is 4.90 Å². The zero-order chi connectivity index (χ0) is 24.0. The minimum atomic E-state index is -3.51. The maximum Gasteiger partial charge on any atom is 0.245 e. The lowest BCUT2D eigenvalue weighted by atomic mass is 9.78. The van der Waals surface area contributed by atoms with Crippen LogP contribution in [0.4, 0.5) is 15.9 Å². The predicted octanol–water partition coefficient (Wildman–Crippen LogP) is 2.99. The highest BCUT2D eigenvalue weighted by atomic mass is 35.5. The van der Waals surface area contributed by atoms with Crippen molar-refractivity contribution >= 4 is 38.9 Å². The molecule has 0 aliphatic carbocycles. The van der Waals surface area contributed by atoms with Crippen LogP contribution in [0.1, 0.15) is 26.7 Å². The molecule has 0 radical (unpaired) electrons. The first-order valence-corrected chi connectivity index (χ1v) is 13.0. The molecule has 4 rings (SSSR count). The highest BCUT2D eigenvalue weighted by molar-refractivity contribution is 7.90. The van der Waals surface area contributed by atoms with Crippen LogP contribution in [0.2, 0.25) is 5.15 Å². The molecule has 2 aliphatic rings. The molecule has 8 nitrogen and oxygen atoms in total. The Labute approximate surface area is 198 Å². The zero-order valence-electron chi connectivity index (χ0n) is 18.8. The van der Waals surface area contributed by atoms with E-state index in [4.69, 9.17) is 11.6 Å². The Bertz CT molecular complexity index is 1160. The molecule has 3 heterocycles. The van der Waals surface area contributed by atoms with Crippen LogP contribution in [0.25, 0.3) is 0 Å². The molecule has 0 spiro atoms. The number of amides is 1. The Kier molecular flexibility index (Phi) is 6.26. The zero-order valence-corrected chi connectivity index (χ0v) is 20.3. The second kappa shape index (κ2) is 8.72. The molecule has 1 aromatic heterocycles. The van der Waals surface area contributed by atoms with Crippen LogP contribution in [0.5, 0.6) is 0 Å². The lowest BCUT2D eigenvalue weighted by Crippen LogP contribution is -2.57. The van der Waals surface area contributed by atoms with Crippen molar-refractivity contribution in [3.8, 4) is 0 Å². The van der Waals surface area contributed by atoms with Crippen molar-refractivity contribution < 1.29 is 17.6 Å². The fourth-order valence-electron chi connectivity index (χ4n) is 4.76. The van der Waals surface area contributed by atoms with Gasteiger partial charge in [0.1, 0.15) is 22.8 Å². The van der Waals surface area contributed by atoms with Gasteiger partial charge < -0.3 is 15.1 Å². The summed E-state index contributed by atoms with van der Waals surface area (Å²) in [6.45, 7) is 6.27. The molecule has 2 saturated heterocycles. The van der Waals surface area contributed by atoms with Gasteiger partial charge in [0.2, 0.25) is 5.91 Å². The number of rotatable bonds is 5. The molecular weight excluding hydrogens is 469 g/mol. The van der Waals surface area contributed by atoms with Crippen molar-refractivity contribution in [2.24, 2.45) is 5.41 Å². The maximum absolute atomic E-state index is 14.5. The summed E-state index contributed by atoms with van der Waals surface area (Å²) in [5.41, 5.74) is -0.0787. The van der Waals surface area contributed by atoms with E-state index in [-0.39, 0.29) is 27.9 Å². The number of halogens is 2. The van der Waals surface area contributed by atoms with Gasteiger partial charge in [0, 0.05) is 37.3 Å². The van der Waals surface area contributed by atoms with E-state index in [0.29, 0.717) is 24.7 Å². The van der Waals surface area contributed by atoms with E-state index in [1.54, 1.807) is 6.20 Å². The summed E-state index contributed by atoms with van der Waals surface area (Å²) in [5.74, 6) is -0.00693. The molecule has 11 heteroatoms. The number of benzene rings is 1.